The SMILES string of the molecule is Cc1ccc(CS(=O)(=O)NCCc2ccccc2)cc1. The minimum atomic E-state index is -3.27. The van der Waals surface area contributed by atoms with Crippen molar-refractivity contribution < 1.29 is 8.42 Å². The molecule has 0 atom stereocenters. The van der Waals surface area contributed by atoms with Crippen molar-refractivity contribution in [2.24, 2.45) is 0 Å². The molecule has 0 unspecified atom stereocenters. The molecule has 0 heterocycles. The van der Waals surface area contributed by atoms with Gasteiger partial charge in [-0.25, -0.2) is 13.1 Å². The first kappa shape index (κ1) is 14.8. The second-order valence-electron chi connectivity index (χ2n) is 4.87. The predicted octanol–water partition coefficient (Wildman–Crippen LogP) is 2.66. The number of hydrogen-bond donors (Lipinski definition) is 1. The fraction of sp³-hybridized carbons (Fsp3) is 0.250. The first-order chi connectivity index (χ1) is 9.55. The second kappa shape index (κ2) is 6.68. The molecule has 20 heavy (non-hydrogen) atoms. The van der Waals surface area contributed by atoms with Gasteiger partial charge in [-0.05, 0) is 24.5 Å². The van der Waals surface area contributed by atoms with Gasteiger partial charge in [-0.15, -0.1) is 0 Å². The van der Waals surface area contributed by atoms with Crippen molar-refractivity contribution in [1.29, 1.82) is 0 Å². The third-order valence-electron chi connectivity index (χ3n) is 3.06. The molecule has 106 valence electrons. The lowest BCUT2D eigenvalue weighted by Gasteiger charge is -2.07. The molecule has 0 aliphatic carbocycles. The van der Waals surface area contributed by atoms with Gasteiger partial charge in [-0.3, -0.25) is 0 Å². The van der Waals surface area contributed by atoms with Gasteiger partial charge >= 0.3 is 0 Å². The maximum atomic E-state index is 12.0. The van der Waals surface area contributed by atoms with E-state index < -0.39 is 10.0 Å². The predicted molar refractivity (Wildman–Crippen MR) is 82.0 cm³/mol. The van der Waals surface area contributed by atoms with E-state index in [-0.39, 0.29) is 5.75 Å². The molecule has 0 amide bonds. The molecule has 0 spiro atoms. The Morgan fingerprint density at radius 1 is 0.900 bits per heavy atom. The molecule has 4 heteroatoms. The topological polar surface area (TPSA) is 46.2 Å². The van der Waals surface area contributed by atoms with Crippen LogP contribution in [0.4, 0.5) is 0 Å². The molecule has 0 aliphatic rings. The number of rotatable bonds is 6. The van der Waals surface area contributed by atoms with Crippen molar-refractivity contribution in [2.45, 2.75) is 19.1 Å². The second-order valence-corrected chi connectivity index (χ2v) is 6.68. The Balaban J connectivity index is 1.86. The number of sulfonamides is 1. The van der Waals surface area contributed by atoms with Crippen LogP contribution >= 0.6 is 0 Å². The van der Waals surface area contributed by atoms with Crippen LogP contribution < -0.4 is 4.72 Å². The van der Waals surface area contributed by atoms with Crippen LogP contribution in [0.15, 0.2) is 54.6 Å². The summed E-state index contributed by atoms with van der Waals surface area (Å²) in [7, 11) is -3.27. The lowest BCUT2D eigenvalue weighted by molar-refractivity contribution is 0.581. The standard InChI is InChI=1S/C16H19NO2S/c1-14-7-9-16(10-8-14)13-20(18,19)17-12-11-15-5-3-2-4-6-15/h2-10,17H,11-13H2,1H3. The van der Waals surface area contributed by atoms with Gasteiger partial charge in [0.15, 0.2) is 0 Å². The average molecular weight is 289 g/mol. The zero-order chi connectivity index (χ0) is 14.4. The lowest BCUT2D eigenvalue weighted by Crippen LogP contribution is -2.27. The van der Waals surface area contributed by atoms with E-state index in [4.69, 9.17) is 0 Å². The zero-order valence-corrected chi connectivity index (χ0v) is 12.4. The van der Waals surface area contributed by atoms with Crippen molar-refractivity contribution in [1.82, 2.24) is 4.72 Å². The van der Waals surface area contributed by atoms with E-state index in [9.17, 15) is 8.42 Å². The summed E-state index contributed by atoms with van der Waals surface area (Å²) in [5, 5.41) is 0. The van der Waals surface area contributed by atoms with Crippen LogP contribution in [0, 0.1) is 6.92 Å². The molecule has 0 fully saturated rings. The minimum absolute atomic E-state index is 0.0298. The molecule has 0 aliphatic heterocycles. The van der Waals surface area contributed by atoms with E-state index in [2.05, 4.69) is 4.72 Å². The Morgan fingerprint density at radius 3 is 2.20 bits per heavy atom. The molecule has 2 aromatic rings. The number of hydrogen-bond acceptors (Lipinski definition) is 2. The van der Waals surface area contributed by atoms with Crippen LogP contribution in [-0.2, 0) is 22.2 Å². The largest absolute Gasteiger partial charge is 0.215 e. The Morgan fingerprint density at radius 2 is 1.55 bits per heavy atom. The summed E-state index contributed by atoms with van der Waals surface area (Å²) >= 11 is 0. The summed E-state index contributed by atoms with van der Waals surface area (Å²) in [5.41, 5.74) is 3.07. The highest BCUT2D eigenvalue weighted by Crippen LogP contribution is 2.07. The highest BCUT2D eigenvalue weighted by Gasteiger charge is 2.10. The van der Waals surface area contributed by atoms with E-state index in [0.717, 1.165) is 16.7 Å². The van der Waals surface area contributed by atoms with Crippen molar-refractivity contribution in [3.63, 3.8) is 0 Å². The Bertz CT molecular complexity index is 634. The van der Waals surface area contributed by atoms with Crippen LogP contribution in [0.5, 0.6) is 0 Å². The average Bonchev–Trinajstić information content (AvgIpc) is 2.42. The van der Waals surface area contributed by atoms with Gasteiger partial charge in [0.1, 0.15) is 0 Å². The first-order valence-electron chi connectivity index (χ1n) is 6.62. The molecular weight excluding hydrogens is 270 g/mol. The number of nitrogens with one attached hydrogen (secondary N) is 1. The van der Waals surface area contributed by atoms with E-state index in [1.165, 1.54) is 0 Å². The maximum absolute atomic E-state index is 12.0. The summed E-state index contributed by atoms with van der Waals surface area (Å²) < 4.78 is 26.6. The van der Waals surface area contributed by atoms with Crippen LogP contribution in [0.25, 0.3) is 0 Å². The van der Waals surface area contributed by atoms with Crippen molar-refractivity contribution >= 4 is 10.0 Å². The summed E-state index contributed by atoms with van der Waals surface area (Å²) in [6.07, 6.45) is 0.702. The summed E-state index contributed by atoms with van der Waals surface area (Å²) in [6.45, 7) is 2.41. The highest BCUT2D eigenvalue weighted by molar-refractivity contribution is 7.88. The highest BCUT2D eigenvalue weighted by atomic mass is 32.2. The van der Waals surface area contributed by atoms with Gasteiger partial charge in [-0.2, -0.15) is 0 Å². The number of benzene rings is 2. The summed E-state index contributed by atoms with van der Waals surface area (Å²) in [5.74, 6) is 0.0298. The third-order valence-corrected chi connectivity index (χ3v) is 4.41. The van der Waals surface area contributed by atoms with Gasteiger partial charge in [0.25, 0.3) is 0 Å². The zero-order valence-electron chi connectivity index (χ0n) is 11.5. The molecule has 2 rings (SSSR count). The van der Waals surface area contributed by atoms with Crippen molar-refractivity contribution in [3.05, 3.63) is 71.3 Å². The molecule has 0 aromatic heterocycles. The molecule has 0 saturated heterocycles. The molecule has 2 aromatic carbocycles. The molecular formula is C16H19NO2S. The van der Waals surface area contributed by atoms with Gasteiger partial charge in [0.05, 0.1) is 5.75 Å². The Hall–Kier alpha value is -1.65. The Labute approximate surface area is 120 Å². The molecule has 0 bridgehead atoms. The number of aryl methyl sites for hydroxylation is 1. The van der Waals surface area contributed by atoms with Crippen molar-refractivity contribution in [3.8, 4) is 0 Å². The smallest absolute Gasteiger partial charge is 0.215 e. The lowest BCUT2D eigenvalue weighted by atomic mass is 10.2. The van der Waals surface area contributed by atoms with E-state index in [1.54, 1.807) is 0 Å². The van der Waals surface area contributed by atoms with Crippen LogP contribution in [0.2, 0.25) is 0 Å². The van der Waals surface area contributed by atoms with Crippen LogP contribution in [-0.4, -0.2) is 15.0 Å². The van der Waals surface area contributed by atoms with Crippen LogP contribution in [0.3, 0.4) is 0 Å². The van der Waals surface area contributed by atoms with Gasteiger partial charge in [-0.1, -0.05) is 60.2 Å². The van der Waals surface area contributed by atoms with E-state index in [1.807, 2.05) is 61.5 Å². The fourth-order valence-electron chi connectivity index (χ4n) is 1.95. The van der Waals surface area contributed by atoms with Gasteiger partial charge < -0.3 is 0 Å². The van der Waals surface area contributed by atoms with Gasteiger partial charge in [0, 0.05) is 6.54 Å². The first-order valence-corrected chi connectivity index (χ1v) is 8.27. The van der Waals surface area contributed by atoms with E-state index >= 15 is 0 Å². The fourth-order valence-corrected chi connectivity index (χ4v) is 3.10. The summed E-state index contributed by atoms with van der Waals surface area (Å²) in [4.78, 5) is 0. The molecule has 0 saturated carbocycles. The normalized spacial score (nSPS) is 11.4. The molecule has 3 nitrogen and oxygen atoms in total. The molecule has 1 N–H and O–H groups in total. The summed E-state index contributed by atoms with van der Waals surface area (Å²) in [6, 6.07) is 17.4. The third kappa shape index (κ3) is 4.79. The minimum Gasteiger partial charge on any atom is -0.215 e. The molecule has 0 radical (unpaired) electrons. The van der Waals surface area contributed by atoms with Gasteiger partial charge in [0.2, 0.25) is 10.0 Å². The quantitative estimate of drug-likeness (QED) is 0.888. The Kier molecular flexibility index (Phi) is 4.93. The maximum Gasteiger partial charge on any atom is 0.215 e. The van der Waals surface area contributed by atoms with Crippen molar-refractivity contribution in [2.75, 3.05) is 6.54 Å². The van der Waals surface area contributed by atoms with Crippen LogP contribution in [0.1, 0.15) is 16.7 Å². The van der Waals surface area contributed by atoms with E-state index in [0.29, 0.717) is 13.0 Å². The monoisotopic (exact) mass is 289 g/mol.